The van der Waals surface area contributed by atoms with Crippen molar-refractivity contribution < 1.29 is 4.84 Å². The molecule has 0 atom stereocenters. The highest BCUT2D eigenvalue weighted by Gasteiger charge is 2.08. The fourth-order valence-corrected chi connectivity index (χ4v) is 1.46. The Balaban J connectivity index is 2.43. The summed E-state index contributed by atoms with van der Waals surface area (Å²) in [6.45, 7) is 0. The molecule has 14 heavy (non-hydrogen) atoms. The first kappa shape index (κ1) is 7.25. The summed E-state index contributed by atoms with van der Waals surface area (Å²) in [6.07, 6.45) is 4.95. The quantitative estimate of drug-likeness (QED) is 0.687. The monoisotopic (exact) mass is 186 g/mol. The lowest BCUT2D eigenvalue weighted by molar-refractivity contribution is 0.246. The minimum Gasteiger partial charge on any atom is -0.347 e. The average Bonchev–Trinajstić information content (AvgIpc) is 2.55. The van der Waals surface area contributed by atoms with Gasteiger partial charge in [-0.3, -0.25) is 0 Å². The van der Waals surface area contributed by atoms with Gasteiger partial charge in [-0.25, -0.2) is 4.98 Å². The van der Waals surface area contributed by atoms with Crippen LogP contribution in [0.3, 0.4) is 0 Å². The first-order valence-corrected chi connectivity index (χ1v) is 4.15. The Bertz CT molecular complexity index is 541. The maximum atomic E-state index is 4.74. The predicted octanol–water partition coefficient (Wildman–Crippen LogP) is 2.56. The van der Waals surface area contributed by atoms with Gasteiger partial charge >= 0.3 is 0 Å². The highest BCUT2D eigenvalue weighted by atomic mass is 16.6. The topological polar surface area (TPSA) is 62.6 Å². The van der Waals surface area contributed by atoms with Crippen molar-refractivity contribution in [2.75, 3.05) is 0 Å². The molecule has 1 aliphatic heterocycles. The number of hydrogen-bond acceptors (Lipinski definition) is 4. The Morgan fingerprint density at radius 3 is 3.29 bits per heavy atom. The number of nitrogens with zero attached hydrogens (tertiary/aromatic N) is 3. The van der Waals surface area contributed by atoms with E-state index in [1.807, 2.05) is 12.1 Å². The number of benzene rings is 1. The second-order valence-electron chi connectivity index (χ2n) is 2.89. The van der Waals surface area contributed by atoms with Crippen molar-refractivity contribution in [2.45, 2.75) is 0 Å². The van der Waals surface area contributed by atoms with Crippen LogP contribution in [0.25, 0.3) is 17.1 Å². The van der Waals surface area contributed by atoms with Crippen LogP contribution in [0.5, 0.6) is 0 Å². The van der Waals surface area contributed by atoms with Gasteiger partial charge in [0.05, 0.1) is 23.0 Å². The maximum Gasteiger partial charge on any atom is 0.124 e. The van der Waals surface area contributed by atoms with Gasteiger partial charge in [0, 0.05) is 10.8 Å². The first-order chi connectivity index (χ1) is 6.95. The second-order valence-corrected chi connectivity index (χ2v) is 2.89. The molecule has 68 valence electrons. The van der Waals surface area contributed by atoms with Crippen molar-refractivity contribution in [3.63, 3.8) is 0 Å². The highest BCUT2D eigenvalue weighted by molar-refractivity contribution is 5.90. The molecule has 0 radical (unpaired) electrons. The van der Waals surface area contributed by atoms with Crippen LogP contribution in [0.1, 0.15) is 5.56 Å². The van der Waals surface area contributed by atoms with Gasteiger partial charge in [0.25, 0.3) is 0 Å². The number of rotatable bonds is 0. The Morgan fingerprint density at radius 2 is 2.29 bits per heavy atom. The molecule has 0 fully saturated rings. The minimum atomic E-state index is 0.762. The smallest absolute Gasteiger partial charge is 0.124 e. The number of H-pyrrole nitrogens is 1. The van der Waals surface area contributed by atoms with Crippen LogP contribution in [0, 0.1) is 0 Å². The van der Waals surface area contributed by atoms with Gasteiger partial charge in [-0.1, -0.05) is 0 Å². The van der Waals surface area contributed by atoms with Crippen LogP contribution in [-0.4, -0.2) is 9.97 Å². The molecule has 1 N–H and O–H groups in total. The molecule has 0 bridgehead atoms. The maximum absolute atomic E-state index is 4.74. The van der Waals surface area contributed by atoms with Gasteiger partial charge in [0.2, 0.25) is 0 Å². The summed E-state index contributed by atoms with van der Waals surface area (Å²) in [7, 11) is 0. The Morgan fingerprint density at radius 1 is 1.29 bits per heavy atom. The molecule has 0 amide bonds. The fraction of sp³-hybridized carbons (Fsp3) is 0. The fourth-order valence-electron chi connectivity index (χ4n) is 1.46. The van der Waals surface area contributed by atoms with E-state index < -0.39 is 0 Å². The first-order valence-electron chi connectivity index (χ1n) is 4.15. The van der Waals surface area contributed by atoms with Crippen LogP contribution in [-0.2, 0) is 4.84 Å². The molecule has 1 aliphatic rings. The largest absolute Gasteiger partial charge is 0.347 e. The van der Waals surface area contributed by atoms with Crippen molar-refractivity contribution in [1.29, 1.82) is 0 Å². The van der Waals surface area contributed by atoms with Gasteiger partial charge in [0.15, 0.2) is 0 Å². The summed E-state index contributed by atoms with van der Waals surface area (Å²) in [5.74, 6) is 0. The molecule has 2 heterocycles. The molecule has 2 aromatic rings. The normalized spacial score (nSPS) is 13.7. The van der Waals surface area contributed by atoms with Crippen LogP contribution < -0.4 is 0 Å². The molecule has 1 aromatic heterocycles. The molecule has 5 nitrogen and oxygen atoms in total. The van der Waals surface area contributed by atoms with Gasteiger partial charge in [-0.05, 0) is 18.2 Å². The predicted molar refractivity (Wildman–Crippen MR) is 50.7 cm³/mol. The third-order valence-corrected chi connectivity index (χ3v) is 2.10. The average molecular weight is 186 g/mol. The third kappa shape index (κ3) is 0.922. The van der Waals surface area contributed by atoms with E-state index in [2.05, 4.69) is 20.4 Å². The van der Waals surface area contributed by atoms with Gasteiger partial charge in [-0.15, -0.1) is 5.11 Å². The third-order valence-electron chi connectivity index (χ3n) is 2.10. The SMILES string of the molecule is C1=Cc2c(ccc3[nH]cnc23)N=NO1. The summed E-state index contributed by atoms with van der Waals surface area (Å²) in [5.41, 5.74) is 3.54. The van der Waals surface area contributed by atoms with E-state index >= 15 is 0 Å². The summed E-state index contributed by atoms with van der Waals surface area (Å²) < 4.78 is 0. The Labute approximate surface area is 79.1 Å². The van der Waals surface area contributed by atoms with Crippen LogP contribution in [0.4, 0.5) is 5.69 Å². The molecular weight excluding hydrogens is 180 g/mol. The molecular formula is C9H6N4O. The van der Waals surface area contributed by atoms with E-state index in [1.54, 1.807) is 12.4 Å². The summed E-state index contributed by atoms with van der Waals surface area (Å²) >= 11 is 0. The number of aromatic nitrogens is 2. The number of hydrogen-bond donors (Lipinski definition) is 1. The molecule has 5 heteroatoms. The minimum absolute atomic E-state index is 0.762. The van der Waals surface area contributed by atoms with E-state index in [1.165, 1.54) is 6.26 Å². The zero-order valence-corrected chi connectivity index (χ0v) is 7.14. The molecule has 0 unspecified atom stereocenters. The van der Waals surface area contributed by atoms with Crippen molar-refractivity contribution in [2.24, 2.45) is 10.4 Å². The summed E-state index contributed by atoms with van der Waals surface area (Å²) in [5, 5.41) is 7.41. The van der Waals surface area contributed by atoms with Gasteiger partial charge in [-0.2, -0.15) is 0 Å². The van der Waals surface area contributed by atoms with Crippen LogP contribution in [0.2, 0.25) is 0 Å². The van der Waals surface area contributed by atoms with E-state index in [0.29, 0.717) is 0 Å². The van der Waals surface area contributed by atoms with Crippen LogP contribution >= 0.6 is 0 Å². The molecule has 1 aromatic carbocycles. The summed E-state index contributed by atoms with van der Waals surface area (Å²) in [6, 6.07) is 3.79. The second kappa shape index (κ2) is 2.66. The lowest BCUT2D eigenvalue weighted by atomic mass is 10.1. The van der Waals surface area contributed by atoms with E-state index in [-0.39, 0.29) is 0 Å². The Kier molecular flexibility index (Phi) is 1.38. The molecule has 0 spiro atoms. The molecule has 0 saturated heterocycles. The highest BCUT2D eigenvalue weighted by Crippen LogP contribution is 2.29. The molecule has 0 aliphatic carbocycles. The number of nitrogens with one attached hydrogen (secondary N) is 1. The van der Waals surface area contributed by atoms with E-state index in [4.69, 9.17) is 4.84 Å². The zero-order chi connectivity index (χ0) is 9.38. The lowest BCUT2D eigenvalue weighted by Crippen LogP contribution is -1.77. The van der Waals surface area contributed by atoms with Gasteiger partial charge < -0.3 is 9.82 Å². The van der Waals surface area contributed by atoms with Crippen LogP contribution in [0.15, 0.2) is 35.1 Å². The number of fused-ring (bicyclic) bond motifs is 3. The lowest BCUT2D eigenvalue weighted by Gasteiger charge is -1.97. The zero-order valence-electron chi connectivity index (χ0n) is 7.14. The van der Waals surface area contributed by atoms with Crippen molar-refractivity contribution in [3.8, 4) is 0 Å². The van der Waals surface area contributed by atoms with E-state index in [9.17, 15) is 0 Å². The number of imidazole rings is 1. The molecule has 3 rings (SSSR count). The van der Waals surface area contributed by atoms with Crippen molar-refractivity contribution in [1.82, 2.24) is 9.97 Å². The van der Waals surface area contributed by atoms with E-state index in [0.717, 1.165) is 22.3 Å². The molecule has 0 saturated carbocycles. The van der Waals surface area contributed by atoms with Gasteiger partial charge in [0.1, 0.15) is 6.26 Å². The van der Waals surface area contributed by atoms with Crippen molar-refractivity contribution >= 4 is 22.8 Å². The number of aromatic amines is 1. The Hall–Kier alpha value is -2.17. The summed E-state index contributed by atoms with van der Waals surface area (Å²) in [4.78, 5) is 12.0. The van der Waals surface area contributed by atoms with Crippen molar-refractivity contribution in [3.05, 3.63) is 30.3 Å². The standard InChI is InChI=1S/C9H6N4O/c1-2-8-9(11-5-10-8)6-3-4-14-13-12-7(1)6/h1-5H,(H,10,11).